The Kier molecular flexibility index (Phi) is 4.48. The molecule has 2 aromatic rings. The quantitative estimate of drug-likeness (QED) is 0.752. The van der Waals surface area contributed by atoms with Crippen molar-refractivity contribution in [2.75, 3.05) is 5.73 Å². The third kappa shape index (κ3) is 3.51. The summed E-state index contributed by atoms with van der Waals surface area (Å²) in [5.41, 5.74) is 8.95. The van der Waals surface area contributed by atoms with E-state index in [2.05, 4.69) is 39.8 Å². The summed E-state index contributed by atoms with van der Waals surface area (Å²) in [6.07, 6.45) is 0.998. The highest BCUT2D eigenvalue weighted by Gasteiger charge is 2.21. The summed E-state index contributed by atoms with van der Waals surface area (Å²) in [5.74, 6) is 1.33. The molecule has 0 amide bonds. The number of nitrogens with two attached hydrogens (primary N) is 1. The Morgan fingerprint density at radius 3 is 2.43 bits per heavy atom. The molecule has 2 N–H and O–H groups in total. The number of anilines is 1. The summed E-state index contributed by atoms with van der Waals surface area (Å²) >= 11 is 6.20. The summed E-state index contributed by atoms with van der Waals surface area (Å²) in [6.45, 7) is 8.66. The van der Waals surface area contributed by atoms with Crippen LogP contribution in [-0.2, 0) is 11.8 Å². The fourth-order valence-electron chi connectivity index (χ4n) is 2.22. The van der Waals surface area contributed by atoms with E-state index in [0.717, 1.165) is 17.7 Å². The molecule has 0 saturated carbocycles. The van der Waals surface area contributed by atoms with E-state index in [1.807, 2.05) is 12.1 Å². The van der Waals surface area contributed by atoms with Crippen molar-refractivity contribution in [1.82, 2.24) is 0 Å². The Labute approximate surface area is 131 Å². The van der Waals surface area contributed by atoms with Crippen molar-refractivity contribution >= 4 is 17.3 Å². The number of halogens is 1. The van der Waals surface area contributed by atoms with Gasteiger partial charge in [0.1, 0.15) is 5.75 Å². The summed E-state index contributed by atoms with van der Waals surface area (Å²) in [7, 11) is 0. The van der Waals surface area contributed by atoms with Crippen LogP contribution >= 0.6 is 11.6 Å². The minimum absolute atomic E-state index is 0.0173. The Bertz CT molecular complexity index is 624. The molecule has 2 aromatic carbocycles. The van der Waals surface area contributed by atoms with Gasteiger partial charge in [0.25, 0.3) is 0 Å². The van der Waals surface area contributed by atoms with Gasteiger partial charge in [-0.25, -0.2) is 0 Å². The summed E-state index contributed by atoms with van der Waals surface area (Å²) in [6, 6.07) is 11.7. The molecule has 0 radical (unpaired) electrons. The van der Waals surface area contributed by atoms with Crippen LogP contribution in [0.3, 0.4) is 0 Å². The van der Waals surface area contributed by atoms with E-state index >= 15 is 0 Å². The van der Waals surface area contributed by atoms with E-state index < -0.39 is 0 Å². The number of hydrogen-bond acceptors (Lipinski definition) is 2. The molecule has 112 valence electrons. The topological polar surface area (TPSA) is 35.2 Å². The predicted octanol–water partition coefficient (Wildman–Crippen LogP) is 5.57. The monoisotopic (exact) mass is 303 g/mol. The third-order valence-corrected chi connectivity index (χ3v) is 3.77. The van der Waals surface area contributed by atoms with Gasteiger partial charge in [-0.15, -0.1) is 0 Å². The highest BCUT2D eigenvalue weighted by Crippen LogP contribution is 2.39. The van der Waals surface area contributed by atoms with Gasteiger partial charge in [0.2, 0.25) is 0 Å². The fraction of sp³-hybridized carbons (Fsp3) is 0.333. The zero-order valence-electron chi connectivity index (χ0n) is 13.0. The first-order valence-corrected chi connectivity index (χ1v) is 7.56. The molecular formula is C18H22ClNO. The zero-order chi connectivity index (χ0) is 15.6. The van der Waals surface area contributed by atoms with Crippen molar-refractivity contribution in [3.8, 4) is 11.5 Å². The van der Waals surface area contributed by atoms with Gasteiger partial charge in [-0.3, -0.25) is 0 Å². The lowest BCUT2D eigenvalue weighted by Gasteiger charge is -2.24. The second-order valence-corrected chi connectivity index (χ2v) is 6.60. The Balaban J connectivity index is 2.49. The van der Waals surface area contributed by atoms with E-state index in [4.69, 9.17) is 22.1 Å². The maximum Gasteiger partial charge on any atom is 0.168 e. The smallest absolute Gasteiger partial charge is 0.168 e. The van der Waals surface area contributed by atoms with Crippen LogP contribution in [0.2, 0.25) is 5.02 Å². The molecule has 0 fully saturated rings. The lowest BCUT2D eigenvalue weighted by molar-refractivity contribution is 0.457. The number of aryl methyl sites for hydroxylation is 1. The van der Waals surface area contributed by atoms with E-state index in [0.29, 0.717) is 16.5 Å². The molecule has 0 aliphatic rings. The van der Waals surface area contributed by atoms with Crippen molar-refractivity contribution in [1.29, 1.82) is 0 Å². The van der Waals surface area contributed by atoms with Crippen molar-refractivity contribution < 1.29 is 4.74 Å². The minimum Gasteiger partial charge on any atom is -0.453 e. The number of ether oxygens (including phenoxy) is 1. The Morgan fingerprint density at radius 1 is 1.14 bits per heavy atom. The molecule has 2 nitrogen and oxygen atoms in total. The van der Waals surface area contributed by atoms with Crippen LogP contribution in [0.5, 0.6) is 11.5 Å². The van der Waals surface area contributed by atoms with Gasteiger partial charge in [0, 0.05) is 5.56 Å². The largest absolute Gasteiger partial charge is 0.453 e. The molecule has 0 aliphatic carbocycles. The van der Waals surface area contributed by atoms with Crippen LogP contribution in [0, 0.1) is 0 Å². The van der Waals surface area contributed by atoms with Gasteiger partial charge in [-0.05, 0) is 35.6 Å². The van der Waals surface area contributed by atoms with Gasteiger partial charge >= 0.3 is 0 Å². The molecule has 0 atom stereocenters. The van der Waals surface area contributed by atoms with Crippen LogP contribution in [0.1, 0.15) is 38.8 Å². The summed E-state index contributed by atoms with van der Waals surface area (Å²) < 4.78 is 6.04. The molecule has 0 heterocycles. The summed E-state index contributed by atoms with van der Waals surface area (Å²) in [5, 5.41) is 0.523. The van der Waals surface area contributed by atoms with Crippen LogP contribution < -0.4 is 10.5 Å². The van der Waals surface area contributed by atoms with Crippen LogP contribution in [0.15, 0.2) is 36.4 Å². The Morgan fingerprint density at radius 2 is 1.86 bits per heavy atom. The second-order valence-electron chi connectivity index (χ2n) is 6.19. The molecule has 2 rings (SSSR count). The van der Waals surface area contributed by atoms with Crippen molar-refractivity contribution in [3.05, 3.63) is 52.5 Å². The van der Waals surface area contributed by atoms with Gasteiger partial charge < -0.3 is 10.5 Å². The lowest BCUT2D eigenvalue weighted by Crippen LogP contribution is -2.13. The van der Waals surface area contributed by atoms with Crippen molar-refractivity contribution in [3.63, 3.8) is 0 Å². The van der Waals surface area contributed by atoms with Gasteiger partial charge in [0.15, 0.2) is 5.75 Å². The SMILES string of the molecule is CCc1ccc(Oc2c(N)cccc2Cl)c(C(C)(C)C)c1. The van der Waals surface area contributed by atoms with Gasteiger partial charge in [-0.1, -0.05) is 57.5 Å². The molecule has 0 saturated heterocycles. The number of para-hydroxylation sites is 1. The average molecular weight is 304 g/mol. The number of nitrogen functional groups attached to an aromatic ring is 1. The fourth-order valence-corrected chi connectivity index (χ4v) is 2.44. The van der Waals surface area contributed by atoms with E-state index in [-0.39, 0.29) is 5.41 Å². The third-order valence-electron chi connectivity index (χ3n) is 3.47. The van der Waals surface area contributed by atoms with Crippen molar-refractivity contribution in [2.24, 2.45) is 0 Å². The van der Waals surface area contributed by atoms with E-state index in [1.54, 1.807) is 12.1 Å². The molecule has 0 unspecified atom stereocenters. The van der Waals surface area contributed by atoms with E-state index in [1.165, 1.54) is 5.56 Å². The Hall–Kier alpha value is -1.67. The molecule has 3 heteroatoms. The zero-order valence-corrected chi connectivity index (χ0v) is 13.8. The first kappa shape index (κ1) is 15.7. The molecule has 21 heavy (non-hydrogen) atoms. The first-order valence-electron chi connectivity index (χ1n) is 7.18. The number of benzene rings is 2. The maximum absolute atomic E-state index is 6.20. The van der Waals surface area contributed by atoms with Crippen molar-refractivity contribution in [2.45, 2.75) is 39.5 Å². The molecule has 0 aromatic heterocycles. The lowest BCUT2D eigenvalue weighted by atomic mass is 9.85. The standard InChI is InChI=1S/C18H22ClNO/c1-5-12-9-10-16(13(11-12)18(2,3)4)21-17-14(19)7-6-8-15(17)20/h6-11H,5,20H2,1-4H3. The highest BCUT2D eigenvalue weighted by molar-refractivity contribution is 6.32. The highest BCUT2D eigenvalue weighted by atomic mass is 35.5. The normalized spacial score (nSPS) is 11.5. The van der Waals surface area contributed by atoms with Crippen LogP contribution in [-0.4, -0.2) is 0 Å². The predicted molar refractivity (Wildman–Crippen MR) is 90.5 cm³/mol. The summed E-state index contributed by atoms with van der Waals surface area (Å²) in [4.78, 5) is 0. The van der Waals surface area contributed by atoms with Crippen LogP contribution in [0.25, 0.3) is 0 Å². The maximum atomic E-state index is 6.20. The molecule has 0 spiro atoms. The number of rotatable bonds is 3. The molecular weight excluding hydrogens is 282 g/mol. The first-order chi connectivity index (χ1) is 9.82. The molecule has 0 bridgehead atoms. The van der Waals surface area contributed by atoms with E-state index in [9.17, 15) is 0 Å². The van der Waals surface area contributed by atoms with Crippen LogP contribution in [0.4, 0.5) is 5.69 Å². The van der Waals surface area contributed by atoms with Gasteiger partial charge in [0.05, 0.1) is 10.7 Å². The average Bonchev–Trinajstić information content (AvgIpc) is 2.42. The molecule has 0 aliphatic heterocycles. The van der Waals surface area contributed by atoms with Gasteiger partial charge in [-0.2, -0.15) is 0 Å². The number of hydrogen-bond donors (Lipinski definition) is 1. The second kappa shape index (κ2) is 5.98. The minimum atomic E-state index is -0.0173.